The van der Waals surface area contributed by atoms with E-state index in [2.05, 4.69) is 26.8 Å². The molecule has 6 nitrogen and oxygen atoms in total. The van der Waals surface area contributed by atoms with E-state index in [0.29, 0.717) is 45.5 Å². The minimum absolute atomic E-state index is 0.0228. The van der Waals surface area contributed by atoms with Gasteiger partial charge in [0.05, 0.1) is 36.6 Å². The van der Waals surface area contributed by atoms with Crippen molar-refractivity contribution in [3.63, 3.8) is 0 Å². The summed E-state index contributed by atoms with van der Waals surface area (Å²) in [5.41, 5.74) is 2.88. The van der Waals surface area contributed by atoms with Gasteiger partial charge in [0.15, 0.2) is 16.5 Å². The lowest BCUT2D eigenvalue weighted by molar-refractivity contribution is 0.191. The number of benzene rings is 2. The minimum atomic E-state index is -0.162. The van der Waals surface area contributed by atoms with Gasteiger partial charge in [0.1, 0.15) is 0 Å². The molecular weight excluding hydrogens is 446 g/mol. The number of aromatic nitrogens is 2. The standard InChI is InChI=1S/C27H25N3O3S/c1-27(2,3)17-33-24-20(6-5-7-22(24)32-4)12-13-21-23(19-10-8-18(16-28)9-11-19)25(31)30-14-15-34-26(30)29-21/h5-15H,17H2,1-4H3. The van der Waals surface area contributed by atoms with Gasteiger partial charge in [-0.25, -0.2) is 4.98 Å². The highest BCUT2D eigenvalue weighted by atomic mass is 32.1. The smallest absolute Gasteiger partial charge is 0.266 e. The summed E-state index contributed by atoms with van der Waals surface area (Å²) in [5, 5.41) is 11.0. The van der Waals surface area contributed by atoms with Gasteiger partial charge in [-0.3, -0.25) is 9.20 Å². The third-order valence-electron chi connectivity index (χ3n) is 5.10. The van der Waals surface area contributed by atoms with Crippen LogP contribution in [-0.4, -0.2) is 23.1 Å². The van der Waals surface area contributed by atoms with Gasteiger partial charge in [-0.2, -0.15) is 5.26 Å². The van der Waals surface area contributed by atoms with Crippen LogP contribution in [0.25, 0.3) is 28.2 Å². The predicted molar refractivity (Wildman–Crippen MR) is 136 cm³/mol. The van der Waals surface area contributed by atoms with Crippen LogP contribution in [0.4, 0.5) is 0 Å². The quantitative estimate of drug-likeness (QED) is 0.350. The highest BCUT2D eigenvalue weighted by Crippen LogP contribution is 2.34. The van der Waals surface area contributed by atoms with Crippen LogP contribution < -0.4 is 15.0 Å². The van der Waals surface area contributed by atoms with Crippen molar-refractivity contribution in [3.8, 4) is 28.7 Å². The van der Waals surface area contributed by atoms with Crippen molar-refractivity contribution < 1.29 is 9.47 Å². The highest BCUT2D eigenvalue weighted by Gasteiger charge is 2.17. The summed E-state index contributed by atoms with van der Waals surface area (Å²) >= 11 is 1.40. The third kappa shape index (κ3) is 4.87. The zero-order valence-corrected chi connectivity index (χ0v) is 20.3. The van der Waals surface area contributed by atoms with Crippen molar-refractivity contribution in [1.82, 2.24) is 9.38 Å². The number of hydrogen-bond donors (Lipinski definition) is 0. The van der Waals surface area contributed by atoms with Crippen molar-refractivity contribution in [2.75, 3.05) is 13.7 Å². The fourth-order valence-corrected chi connectivity index (χ4v) is 4.15. The topological polar surface area (TPSA) is 76.6 Å². The first kappa shape index (κ1) is 23.3. The highest BCUT2D eigenvalue weighted by molar-refractivity contribution is 7.15. The molecule has 7 heteroatoms. The second-order valence-corrected chi connectivity index (χ2v) is 9.86. The molecule has 2 aromatic carbocycles. The number of rotatable bonds is 6. The van der Waals surface area contributed by atoms with Gasteiger partial charge < -0.3 is 9.47 Å². The van der Waals surface area contributed by atoms with Gasteiger partial charge >= 0.3 is 0 Å². The number of hydrogen-bond acceptors (Lipinski definition) is 6. The Morgan fingerprint density at radius 1 is 1.15 bits per heavy atom. The number of fused-ring (bicyclic) bond motifs is 1. The molecule has 4 aromatic rings. The van der Waals surface area contributed by atoms with Crippen molar-refractivity contribution in [2.24, 2.45) is 5.41 Å². The van der Waals surface area contributed by atoms with Crippen molar-refractivity contribution >= 4 is 28.4 Å². The van der Waals surface area contributed by atoms with Crippen LogP contribution in [0.5, 0.6) is 11.5 Å². The van der Waals surface area contributed by atoms with Gasteiger partial charge in [-0.15, -0.1) is 11.3 Å². The van der Waals surface area contributed by atoms with E-state index in [1.54, 1.807) is 42.0 Å². The molecule has 0 spiro atoms. The summed E-state index contributed by atoms with van der Waals surface area (Å²) in [7, 11) is 1.61. The van der Waals surface area contributed by atoms with Crippen molar-refractivity contribution in [3.05, 3.63) is 81.2 Å². The van der Waals surface area contributed by atoms with Crippen molar-refractivity contribution in [2.45, 2.75) is 20.8 Å². The average Bonchev–Trinajstić information content (AvgIpc) is 3.30. The monoisotopic (exact) mass is 471 g/mol. The molecular formula is C27H25N3O3S. The van der Waals surface area contributed by atoms with Crippen molar-refractivity contribution in [1.29, 1.82) is 5.26 Å². The maximum Gasteiger partial charge on any atom is 0.266 e. The maximum absolute atomic E-state index is 13.3. The first-order valence-corrected chi connectivity index (χ1v) is 11.7. The van der Waals surface area contributed by atoms with E-state index in [1.165, 1.54) is 11.3 Å². The summed E-state index contributed by atoms with van der Waals surface area (Å²) in [6.07, 6.45) is 5.43. The summed E-state index contributed by atoms with van der Waals surface area (Å²) in [5.74, 6) is 1.28. The van der Waals surface area contributed by atoms with Gasteiger partial charge in [-0.05, 0) is 41.3 Å². The molecule has 0 amide bonds. The number of para-hydroxylation sites is 1. The Balaban J connectivity index is 1.83. The molecule has 0 aliphatic carbocycles. The van der Waals surface area contributed by atoms with Crippen LogP contribution >= 0.6 is 11.3 Å². The van der Waals surface area contributed by atoms with Gasteiger partial charge in [0, 0.05) is 17.1 Å². The van der Waals surface area contributed by atoms with E-state index < -0.39 is 0 Å². The molecule has 2 aromatic heterocycles. The Morgan fingerprint density at radius 2 is 1.91 bits per heavy atom. The number of thiazole rings is 1. The lowest BCUT2D eigenvalue weighted by atomic mass is 9.98. The fraction of sp³-hybridized carbons (Fsp3) is 0.222. The second-order valence-electron chi connectivity index (χ2n) is 8.98. The van der Waals surface area contributed by atoms with Crippen LogP contribution in [0.15, 0.2) is 58.8 Å². The predicted octanol–water partition coefficient (Wildman–Crippen LogP) is 5.90. The van der Waals surface area contributed by atoms with E-state index in [-0.39, 0.29) is 11.0 Å². The number of methoxy groups -OCH3 is 1. The zero-order valence-electron chi connectivity index (χ0n) is 19.5. The fourth-order valence-electron chi connectivity index (χ4n) is 3.44. The Bertz CT molecular complexity index is 1450. The Labute approximate surface area is 202 Å². The first-order chi connectivity index (χ1) is 16.3. The number of ether oxygens (including phenoxy) is 2. The van der Waals surface area contributed by atoms with Crippen LogP contribution in [0.1, 0.15) is 37.6 Å². The molecule has 4 rings (SSSR count). The number of nitrogens with zero attached hydrogens (tertiary/aromatic N) is 3. The molecule has 0 atom stereocenters. The Hall–Kier alpha value is -3.89. The average molecular weight is 472 g/mol. The van der Waals surface area contributed by atoms with E-state index in [1.807, 2.05) is 35.7 Å². The van der Waals surface area contributed by atoms with Crippen LogP contribution in [0.2, 0.25) is 0 Å². The summed E-state index contributed by atoms with van der Waals surface area (Å²) in [6, 6.07) is 14.8. The van der Waals surface area contributed by atoms with Crippen LogP contribution in [-0.2, 0) is 0 Å². The lowest BCUT2D eigenvalue weighted by Crippen LogP contribution is -2.17. The van der Waals surface area contributed by atoms with E-state index in [4.69, 9.17) is 19.7 Å². The maximum atomic E-state index is 13.3. The minimum Gasteiger partial charge on any atom is -0.493 e. The first-order valence-electron chi connectivity index (χ1n) is 10.8. The third-order valence-corrected chi connectivity index (χ3v) is 5.85. The zero-order chi connectivity index (χ0) is 24.3. The molecule has 0 radical (unpaired) electrons. The molecule has 0 saturated carbocycles. The molecule has 0 N–H and O–H groups in total. The molecule has 2 heterocycles. The molecule has 172 valence electrons. The summed E-state index contributed by atoms with van der Waals surface area (Å²) < 4.78 is 13.2. The SMILES string of the molecule is COc1cccc(C=Cc2nc3sccn3c(=O)c2-c2ccc(C#N)cc2)c1OCC(C)(C)C. The molecule has 0 aliphatic rings. The number of nitriles is 1. The van der Waals surface area contributed by atoms with Crippen LogP contribution in [0, 0.1) is 16.7 Å². The van der Waals surface area contributed by atoms with E-state index in [9.17, 15) is 4.79 Å². The normalized spacial score (nSPS) is 11.6. The van der Waals surface area contributed by atoms with Gasteiger partial charge in [0.2, 0.25) is 0 Å². The van der Waals surface area contributed by atoms with Gasteiger partial charge in [0.25, 0.3) is 5.56 Å². The Morgan fingerprint density at radius 3 is 2.59 bits per heavy atom. The van der Waals surface area contributed by atoms with Crippen LogP contribution in [0.3, 0.4) is 0 Å². The molecule has 0 saturated heterocycles. The van der Waals surface area contributed by atoms with Gasteiger partial charge in [-0.1, -0.05) is 45.0 Å². The molecule has 0 bridgehead atoms. The van der Waals surface area contributed by atoms with E-state index >= 15 is 0 Å². The second kappa shape index (κ2) is 9.54. The largest absolute Gasteiger partial charge is 0.493 e. The molecule has 34 heavy (non-hydrogen) atoms. The molecule has 0 aliphatic heterocycles. The summed E-state index contributed by atoms with van der Waals surface area (Å²) in [6.45, 7) is 6.84. The lowest BCUT2D eigenvalue weighted by Gasteiger charge is -2.21. The molecule has 0 unspecified atom stereocenters. The summed E-state index contributed by atoms with van der Waals surface area (Å²) in [4.78, 5) is 18.7. The Kier molecular flexibility index (Phi) is 6.53. The molecule has 0 fully saturated rings. The van der Waals surface area contributed by atoms with E-state index in [0.717, 1.165) is 5.56 Å².